The van der Waals surface area contributed by atoms with Crippen LogP contribution < -0.4 is 43.4 Å². The second kappa shape index (κ2) is 44.0. The predicted molar refractivity (Wildman–Crippen MR) is 485 cm³/mol. The SMILES string of the molecule is CC(C)(C)c1ccccc1CC(=O)N1CCc2cc(C(=O)NO)ccc2C1.CCCCC(=O)N1CCc2cc(C(=O)NO)ccc2C1.Cc1cccc(NC(=O)N2CCc3cc(C(=O)NO)ccc3C2)c1.O=C(NO)c1ccc2c(c1)CCN(C(=O)Nc1ccc(Cc3ccccc3)cc1)C2.O=C(NO)c1ccc2c(c1)CCN(C(=O)Nc1cccc3ccccc13)C2. The third-order valence-corrected chi connectivity index (χ3v) is 23.1. The highest BCUT2D eigenvalue weighted by molar-refractivity contribution is 6.02. The number of carbonyl (C=O) groups is 10. The van der Waals surface area contributed by atoms with Gasteiger partial charge in [-0.2, -0.15) is 0 Å². The highest BCUT2D eigenvalue weighted by Crippen LogP contribution is 2.32. The smallest absolute Gasteiger partial charge is 0.322 e. The van der Waals surface area contributed by atoms with E-state index in [0.29, 0.717) is 132 Å². The minimum absolute atomic E-state index is 0.00491. The molecule has 13 amide bonds. The molecule has 0 aliphatic carbocycles. The van der Waals surface area contributed by atoms with E-state index in [1.54, 1.807) is 103 Å². The number of anilines is 3. The molecule has 0 radical (unpaired) electrons. The number of rotatable bonds is 15. The molecule has 0 spiro atoms. The van der Waals surface area contributed by atoms with Crippen LogP contribution >= 0.6 is 0 Å². The van der Waals surface area contributed by atoms with E-state index in [2.05, 4.69) is 61.8 Å². The third-order valence-electron chi connectivity index (χ3n) is 23.1. The average molecular weight is 1730 g/mol. The van der Waals surface area contributed by atoms with Crippen LogP contribution in [0.4, 0.5) is 31.4 Å². The van der Waals surface area contributed by atoms with Gasteiger partial charge in [-0.25, -0.2) is 41.8 Å². The van der Waals surface area contributed by atoms with Crippen molar-refractivity contribution in [2.24, 2.45) is 0 Å². The Morgan fingerprint density at radius 1 is 0.344 bits per heavy atom. The van der Waals surface area contributed by atoms with Crippen LogP contribution in [0.2, 0.25) is 0 Å². The monoisotopic (exact) mass is 1730 g/mol. The number of fused-ring (bicyclic) bond motifs is 6. The first kappa shape index (κ1) is 92.8. The van der Waals surface area contributed by atoms with Crippen molar-refractivity contribution < 1.29 is 74.0 Å². The normalized spacial score (nSPS) is 13.3. The molecule has 28 nitrogen and oxygen atoms in total. The summed E-state index contributed by atoms with van der Waals surface area (Å²) in [5.74, 6) is -2.30. The van der Waals surface area contributed by atoms with Crippen molar-refractivity contribution in [3.8, 4) is 0 Å². The summed E-state index contributed by atoms with van der Waals surface area (Å²) in [6.45, 7) is 16.2. The number of nitrogens with one attached hydrogen (secondary N) is 8. The number of urea groups is 3. The van der Waals surface area contributed by atoms with Crippen molar-refractivity contribution in [3.05, 3.63) is 348 Å². The molecule has 0 saturated carbocycles. The lowest BCUT2D eigenvalue weighted by Gasteiger charge is -2.30. The lowest BCUT2D eigenvalue weighted by atomic mass is 9.83. The van der Waals surface area contributed by atoms with Crippen LogP contribution in [-0.4, -0.2) is 143 Å². The van der Waals surface area contributed by atoms with E-state index >= 15 is 0 Å². The first-order valence-corrected chi connectivity index (χ1v) is 42.6. The molecule has 28 heteroatoms. The standard InChI is InChI=1S/C24H23N3O3.C22H26N2O3.C21H19N3O3.C18H19N3O3.C15H20N2O3/c28-23(26-30)20-8-9-21-16-27(13-12-19(21)15-20)24(29)25-22-10-6-18(7-11-22)14-17-4-2-1-3-5-17;1-22(2,3)19-7-5-4-6-16(19)13-20(25)24-11-10-15-12-17(21(26)23-27)8-9-18(15)14-24;25-20(23-27)16-8-9-17-13-24(11-10-15(17)12-16)21(26)22-19-7-3-5-14-4-1-2-6-18(14)19;1-12-3-2-4-16(9-12)19-18(23)21-8-7-13-10-14(17(22)20-24)5-6-15(13)11-21;1-2-3-4-14(18)17-8-7-11-9-12(15(19)16-20)5-6-13(11)10-17/h1-11,15,30H,12-14,16H2,(H,25,29)(H,26,28);4-9,12,27H,10-11,13-14H2,1-3H3,(H,23,26);1-9,12,27H,10-11,13H2,(H,22,26)(H,23,25);2-6,9-10,24H,7-8,11H2,1H3,(H,19,23)(H,20,22);5-6,9,20H,2-4,7-8,10H2,1H3,(H,16,19). The maximum absolute atomic E-state index is 12.9. The van der Waals surface area contributed by atoms with Gasteiger partial charge in [0.15, 0.2) is 0 Å². The number of hydrogen-bond acceptors (Lipinski definition) is 15. The molecule has 0 bridgehead atoms. The van der Waals surface area contributed by atoms with Crippen molar-refractivity contribution in [2.75, 3.05) is 48.7 Å². The zero-order valence-electron chi connectivity index (χ0n) is 72.2. The molecule has 13 N–H and O–H groups in total. The van der Waals surface area contributed by atoms with Gasteiger partial charge in [-0.05, 0) is 237 Å². The van der Waals surface area contributed by atoms with Gasteiger partial charge < -0.3 is 40.4 Å². The number of amides is 13. The molecule has 0 atom stereocenters. The minimum Gasteiger partial charge on any atom is -0.338 e. The van der Waals surface area contributed by atoms with Gasteiger partial charge in [-0.3, -0.25) is 59.6 Å². The van der Waals surface area contributed by atoms with Gasteiger partial charge in [0.2, 0.25) is 11.8 Å². The second-order valence-corrected chi connectivity index (χ2v) is 33.0. The summed E-state index contributed by atoms with van der Waals surface area (Å²) in [6.07, 6.45) is 7.25. The number of hydrogen-bond donors (Lipinski definition) is 13. The Hall–Kier alpha value is -14.4. The van der Waals surface area contributed by atoms with E-state index in [9.17, 15) is 47.9 Å². The Morgan fingerprint density at radius 3 is 1.14 bits per heavy atom. The highest BCUT2D eigenvalue weighted by atomic mass is 16.5. The molecule has 0 saturated heterocycles. The van der Waals surface area contributed by atoms with Gasteiger partial charge >= 0.3 is 18.1 Å². The molecule has 5 aliphatic rings. The van der Waals surface area contributed by atoms with Gasteiger partial charge in [-0.15, -0.1) is 0 Å². The molecule has 5 heterocycles. The van der Waals surface area contributed by atoms with Crippen LogP contribution in [-0.2, 0) is 92.7 Å². The number of carbonyl (C=O) groups excluding carboxylic acids is 10. The maximum atomic E-state index is 12.9. The molecule has 128 heavy (non-hydrogen) atoms. The number of nitrogens with zero attached hydrogens (tertiary/aromatic N) is 5. The number of aryl methyl sites for hydroxylation is 1. The van der Waals surface area contributed by atoms with Crippen LogP contribution in [0.5, 0.6) is 0 Å². The van der Waals surface area contributed by atoms with E-state index < -0.39 is 29.5 Å². The van der Waals surface area contributed by atoms with E-state index in [4.69, 9.17) is 26.0 Å². The van der Waals surface area contributed by atoms with E-state index in [1.165, 1.54) is 16.7 Å². The van der Waals surface area contributed by atoms with Crippen molar-refractivity contribution in [1.82, 2.24) is 51.9 Å². The molecular weight excluding hydrogens is 1620 g/mol. The summed E-state index contributed by atoms with van der Waals surface area (Å²) < 4.78 is 0. The zero-order chi connectivity index (χ0) is 91.0. The molecule has 5 aliphatic heterocycles. The van der Waals surface area contributed by atoms with Gasteiger partial charge in [-0.1, -0.05) is 180 Å². The Labute approximate surface area is 742 Å². The maximum Gasteiger partial charge on any atom is 0.322 e. The molecule has 662 valence electrons. The molecule has 11 aromatic carbocycles. The van der Waals surface area contributed by atoms with Gasteiger partial charge in [0.05, 0.1) is 12.1 Å². The van der Waals surface area contributed by atoms with E-state index in [1.807, 2.05) is 174 Å². The van der Waals surface area contributed by atoms with Crippen LogP contribution in [0, 0.1) is 6.92 Å². The average Bonchev–Trinajstić information content (AvgIpc) is 0.842. The molecule has 0 aromatic heterocycles. The first-order valence-electron chi connectivity index (χ1n) is 42.6. The van der Waals surface area contributed by atoms with Crippen molar-refractivity contribution in [2.45, 2.75) is 137 Å². The van der Waals surface area contributed by atoms with Crippen molar-refractivity contribution in [1.29, 1.82) is 0 Å². The van der Waals surface area contributed by atoms with Crippen LogP contribution in [0.25, 0.3) is 10.8 Å². The van der Waals surface area contributed by atoms with E-state index in [-0.39, 0.29) is 35.3 Å². The topological polar surface area (TPSA) is 384 Å². The van der Waals surface area contributed by atoms with E-state index in [0.717, 1.165) is 120 Å². The molecule has 16 rings (SSSR count). The second-order valence-electron chi connectivity index (χ2n) is 33.0. The van der Waals surface area contributed by atoms with Crippen LogP contribution in [0.3, 0.4) is 0 Å². The Bertz CT molecular complexity index is 5880. The predicted octanol–water partition coefficient (Wildman–Crippen LogP) is 15.4. The Kier molecular flexibility index (Phi) is 31.8. The molecular formula is C100H107N13O15. The van der Waals surface area contributed by atoms with Gasteiger partial charge in [0, 0.05) is 116 Å². The quantitative estimate of drug-likeness (QED) is 0.0335. The fourth-order valence-electron chi connectivity index (χ4n) is 16.1. The van der Waals surface area contributed by atoms with Gasteiger partial charge in [0.25, 0.3) is 29.5 Å². The Balaban J connectivity index is 0.000000146. The molecule has 11 aromatic rings. The molecule has 0 fully saturated rings. The number of benzene rings is 11. The number of unbranched alkanes of at least 4 members (excludes halogenated alkanes) is 1. The Morgan fingerprint density at radius 2 is 0.711 bits per heavy atom. The lowest BCUT2D eigenvalue weighted by molar-refractivity contribution is -0.132. The summed E-state index contributed by atoms with van der Waals surface area (Å²) in [7, 11) is 0. The molecule has 0 unspecified atom stereocenters. The zero-order valence-corrected chi connectivity index (χ0v) is 72.2. The van der Waals surface area contributed by atoms with Crippen LogP contribution in [0.1, 0.15) is 182 Å². The largest absolute Gasteiger partial charge is 0.338 e. The lowest BCUT2D eigenvalue weighted by Crippen LogP contribution is -2.39. The summed E-state index contributed by atoms with van der Waals surface area (Å²) in [6, 6.07) is 73.7. The fourth-order valence-corrected chi connectivity index (χ4v) is 16.1. The van der Waals surface area contributed by atoms with Gasteiger partial charge in [0.1, 0.15) is 0 Å². The van der Waals surface area contributed by atoms with Crippen molar-refractivity contribution in [3.63, 3.8) is 0 Å². The summed E-state index contributed by atoms with van der Waals surface area (Å²) in [5, 5.41) is 54.6. The highest BCUT2D eigenvalue weighted by Gasteiger charge is 2.29. The summed E-state index contributed by atoms with van der Waals surface area (Å²) in [4.78, 5) is 129. The van der Waals surface area contributed by atoms with Crippen molar-refractivity contribution >= 4 is 87.3 Å². The fraction of sp³-hybridized carbons (Fsp3) is 0.260. The summed E-state index contributed by atoms with van der Waals surface area (Å²) >= 11 is 0. The van der Waals surface area contributed by atoms with Crippen LogP contribution in [0.15, 0.2) is 237 Å². The third kappa shape index (κ3) is 24.6. The minimum atomic E-state index is -0.534. The first-order chi connectivity index (χ1) is 61.8. The number of hydroxylamine groups is 5. The summed E-state index contributed by atoms with van der Waals surface area (Å²) in [5.41, 5.74) is 28.8.